The molecule has 17 heavy (non-hydrogen) atoms. The molecular formula is C11H22N2O4. The van der Waals surface area contributed by atoms with Crippen molar-refractivity contribution in [2.24, 2.45) is 11.7 Å². The molecule has 0 aliphatic rings. The van der Waals surface area contributed by atoms with Crippen molar-refractivity contribution < 1.29 is 19.4 Å². The molecule has 3 unspecified atom stereocenters. The number of methoxy groups -OCH3 is 1. The lowest BCUT2D eigenvalue weighted by molar-refractivity contribution is -0.143. The Morgan fingerprint density at radius 2 is 2.06 bits per heavy atom. The highest BCUT2D eigenvalue weighted by atomic mass is 16.5. The van der Waals surface area contributed by atoms with Crippen LogP contribution in [0.4, 0.5) is 0 Å². The van der Waals surface area contributed by atoms with Crippen LogP contribution < -0.4 is 11.1 Å². The van der Waals surface area contributed by atoms with Crippen LogP contribution in [0, 0.1) is 5.92 Å². The molecule has 0 spiro atoms. The molecule has 0 heterocycles. The van der Waals surface area contributed by atoms with Crippen molar-refractivity contribution in [3.63, 3.8) is 0 Å². The molecule has 1 amide bonds. The van der Waals surface area contributed by atoms with Gasteiger partial charge < -0.3 is 20.9 Å². The van der Waals surface area contributed by atoms with E-state index in [9.17, 15) is 9.59 Å². The van der Waals surface area contributed by atoms with E-state index >= 15 is 0 Å². The summed E-state index contributed by atoms with van der Waals surface area (Å²) >= 11 is 0. The number of aliphatic carboxylic acids is 1. The molecule has 0 aromatic heterocycles. The van der Waals surface area contributed by atoms with Crippen molar-refractivity contribution in [1.29, 1.82) is 0 Å². The Morgan fingerprint density at radius 1 is 1.47 bits per heavy atom. The van der Waals surface area contributed by atoms with Crippen molar-refractivity contribution in [3.05, 3.63) is 0 Å². The summed E-state index contributed by atoms with van der Waals surface area (Å²) in [5, 5.41) is 11.5. The number of carbonyl (C=O) groups is 2. The van der Waals surface area contributed by atoms with Gasteiger partial charge in [-0.1, -0.05) is 20.3 Å². The van der Waals surface area contributed by atoms with Crippen molar-refractivity contribution in [2.75, 3.05) is 13.7 Å². The van der Waals surface area contributed by atoms with E-state index in [1.54, 1.807) is 6.92 Å². The van der Waals surface area contributed by atoms with E-state index in [1.807, 2.05) is 6.92 Å². The van der Waals surface area contributed by atoms with E-state index in [0.29, 0.717) is 19.4 Å². The van der Waals surface area contributed by atoms with Crippen LogP contribution in [0.15, 0.2) is 0 Å². The van der Waals surface area contributed by atoms with Crippen LogP contribution in [-0.4, -0.2) is 42.8 Å². The Balaban J connectivity index is 4.35. The molecule has 6 heteroatoms. The molecule has 0 radical (unpaired) electrons. The van der Waals surface area contributed by atoms with E-state index in [0.717, 1.165) is 0 Å². The van der Waals surface area contributed by atoms with Gasteiger partial charge in [0.1, 0.15) is 6.04 Å². The zero-order chi connectivity index (χ0) is 13.4. The van der Waals surface area contributed by atoms with Gasteiger partial charge in [-0.3, -0.25) is 4.79 Å². The fraction of sp³-hybridized carbons (Fsp3) is 0.818. The maximum Gasteiger partial charge on any atom is 0.326 e. The third-order valence-electron chi connectivity index (χ3n) is 2.75. The Labute approximate surface area is 102 Å². The molecule has 0 saturated carbocycles. The first-order valence-corrected chi connectivity index (χ1v) is 5.71. The van der Waals surface area contributed by atoms with Crippen molar-refractivity contribution >= 4 is 11.9 Å². The fourth-order valence-electron chi connectivity index (χ4n) is 1.32. The molecule has 0 saturated heterocycles. The van der Waals surface area contributed by atoms with Crippen LogP contribution in [0.5, 0.6) is 0 Å². The average Bonchev–Trinajstić information content (AvgIpc) is 2.31. The lowest BCUT2D eigenvalue weighted by atomic mass is 9.99. The molecule has 0 rings (SSSR count). The first-order valence-electron chi connectivity index (χ1n) is 5.71. The van der Waals surface area contributed by atoms with E-state index < -0.39 is 24.0 Å². The third kappa shape index (κ3) is 5.65. The van der Waals surface area contributed by atoms with Gasteiger partial charge in [0.15, 0.2) is 0 Å². The van der Waals surface area contributed by atoms with Crippen LogP contribution in [0.25, 0.3) is 0 Å². The minimum atomic E-state index is -1.04. The predicted molar refractivity (Wildman–Crippen MR) is 63.5 cm³/mol. The van der Waals surface area contributed by atoms with E-state index in [4.69, 9.17) is 15.6 Å². The van der Waals surface area contributed by atoms with Crippen LogP contribution in [0.2, 0.25) is 0 Å². The summed E-state index contributed by atoms with van der Waals surface area (Å²) < 4.78 is 4.81. The number of nitrogens with two attached hydrogens (primary N) is 1. The highest BCUT2D eigenvalue weighted by Gasteiger charge is 2.27. The number of nitrogens with one attached hydrogen (secondary N) is 1. The maximum atomic E-state index is 11.6. The van der Waals surface area contributed by atoms with E-state index in [2.05, 4.69) is 5.32 Å². The number of rotatable bonds is 8. The molecule has 0 aromatic carbocycles. The summed E-state index contributed by atoms with van der Waals surface area (Å²) in [6.45, 7) is 4.02. The number of carboxylic acid groups (broad SMARTS) is 1. The van der Waals surface area contributed by atoms with Crippen LogP contribution >= 0.6 is 0 Å². The predicted octanol–water partition coefficient (Wildman–Crippen LogP) is -0.0343. The Hall–Kier alpha value is -1.14. The van der Waals surface area contributed by atoms with Crippen molar-refractivity contribution in [2.45, 2.75) is 38.8 Å². The molecule has 4 N–H and O–H groups in total. The highest BCUT2D eigenvalue weighted by Crippen LogP contribution is 2.08. The number of ether oxygens (including phenoxy) is 1. The lowest BCUT2D eigenvalue weighted by Gasteiger charge is -2.22. The minimum absolute atomic E-state index is 0.133. The molecule has 100 valence electrons. The van der Waals surface area contributed by atoms with Gasteiger partial charge in [-0.2, -0.15) is 0 Å². The summed E-state index contributed by atoms with van der Waals surface area (Å²) in [4.78, 5) is 22.6. The molecule has 6 nitrogen and oxygen atoms in total. The number of amides is 1. The zero-order valence-corrected chi connectivity index (χ0v) is 10.6. The lowest BCUT2D eigenvalue weighted by Crippen LogP contribution is -2.51. The van der Waals surface area contributed by atoms with Gasteiger partial charge in [-0.25, -0.2) is 4.79 Å². The Bertz CT molecular complexity index is 258. The normalized spacial score (nSPS) is 16.0. The van der Waals surface area contributed by atoms with Crippen LogP contribution in [-0.2, 0) is 14.3 Å². The van der Waals surface area contributed by atoms with E-state index in [-0.39, 0.29) is 5.92 Å². The molecule has 0 fully saturated rings. The second-order valence-electron chi connectivity index (χ2n) is 4.10. The van der Waals surface area contributed by atoms with E-state index in [1.165, 1.54) is 7.11 Å². The maximum absolute atomic E-state index is 11.6. The number of carboxylic acids is 1. The number of hydrogen-bond donors (Lipinski definition) is 3. The Kier molecular flexibility index (Phi) is 7.49. The summed E-state index contributed by atoms with van der Waals surface area (Å²) in [5.74, 6) is -1.62. The summed E-state index contributed by atoms with van der Waals surface area (Å²) in [5.41, 5.74) is 5.61. The molecule has 0 aliphatic carbocycles. The standard InChI is InChI=1S/C11H22N2O4/c1-4-7(2)9(11(15)16)13-10(14)8(12)5-6-17-3/h7-9H,4-6,12H2,1-3H3,(H,13,14)(H,15,16). The second-order valence-corrected chi connectivity index (χ2v) is 4.10. The first kappa shape index (κ1) is 15.9. The smallest absolute Gasteiger partial charge is 0.326 e. The van der Waals surface area contributed by atoms with Gasteiger partial charge in [0.25, 0.3) is 0 Å². The topological polar surface area (TPSA) is 102 Å². The minimum Gasteiger partial charge on any atom is -0.480 e. The van der Waals surface area contributed by atoms with Crippen molar-refractivity contribution in [3.8, 4) is 0 Å². The largest absolute Gasteiger partial charge is 0.480 e. The molecule has 0 bridgehead atoms. The second kappa shape index (κ2) is 8.03. The zero-order valence-electron chi connectivity index (χ0n) is 10.6. The van der Waals surface area contributed by atoms with Gasteiger partial charge in [0.05, 0.1) is 6.04 Å². The van der Waals surface area contributed by atoms with Gasteiger partial charge in [-0.15, -0.1) is 0 Å². The number of carbonyl (C=O) groups excluding carboxylic acids is 1. The monoisotopic (exact) mass is 246 g/mol. The molecule has 0 aromatic rings. The van der Waals surface area contributed by atoms with Gasteiger partial charge in [0.2, 0.25) is 5.91 Å². The quantitative estimate of drug-likeness (QED) is 0.558. The summed E-state index contributed by atoms with van der Waals surface area (Å²) in [6, 6.07) is -1.62. The summed E-state index contributed by atoms with van der Waals surface area (Å²) in [7, 11) is 1.52. The molecular weight excluding hydrogens is 224 g/mol. The highest BCUT2D eigenvalue weighted by molar-refractivity contribution is 5.86. The third-order valence-corrected chi connectivity index (χ3v) is 2.75. The SMILES string of the molecule is CCC(C)C(NC(=O)C(N)CCOC)C(=O)O. The van der Waals surface area contributed by atoms with Crippen LogP contribution in [0.3, 0.4) is 0 Å². The van der Waals surface area contributed by atoms with Gasteiger partial charge >= 0.3 is 5.97 Å². The first-order chi connectivity index (χ1) is 7.93. The molecule has 0 aliphatic heterocycles. The average molecular weight is 246 g/mol. The van der Waals surface area contributed by atoms with Gasteiger partial charge in [0, 0.05) is 13.7 Å². The Morgan fingerprint density at radius 3 is 2.47 bits per heavy atom. The van der Waals surface area contributed by atoms with Crippen LogP contribution in [0.1, 0.15) is 26.7 Å². The van der Waals surface area contributed by atoms with Crippen molar-refractivity contribution in [1.82, 2.24) is 5.32 Å². The summed E-state index contributed by atoms with van der Waals surface area (Å²) in [6.07, 6.45) is 1.04. The van der Waals surface area contributed by atoms with Gasteiger partial charge in [-0.05, 0) is 12.3 Å². The fourth-order valence-corrected chi connectivity index (χ4v) is 1.32. The number of hydrogen-bond acceptors (Lipinski definition) is 4. The molecule has 3 atom stereocenters.